The molecule has 0 bridgehead atoms. The third kappa shape index (κ3) is 7.59. The first-order valence-corrected chi connectivity index (χ1v) is 15.4. The molecular weight excluding hydrogens is 576 g/mol. The van der Waals surface area contributed by atoms with Gasteiger partial charge >= 0.3 is 5.97 Å². The summed E-state index contributed by atoms with van der Waals surface area (Å²) in [5, 5.41) is 1.09. The van der Waals surface area contributed by atoms with Crippen LogP contribution >= 0.6 is 0 Å². The van der Waals surface area contributed by atoms with Crippen molar-refractivity contribution >= 4 is 28.3 Å². The molecule has 3 aromatic carbocycles. The first-order valence-electron chi connectivity index (χ1n) is 15.4. The number of esters is 1. The quantitative estimate of drug-likeness (QED) is 0.164. The summed E-state index contributed by atoms with van der Waals surface area (Å²) < 4.78 is 34.1. The number of halogens is 2. The van der Waals surface area contributed by atoms with Crippen LogP contribution in [0.4, 0.5) is 14.5 Å². The number of aromatic nitrogens is 1. The van der Waals surface area contributed by atoms with Gasteiger partial charge in [0.25, 0.3) is 11.5 Å². The van der Waals surface area contributed by atoms with Crippen molar-refractivity contribution in [2.45, 2.75) is 65.0 Å². The van der Waals surface area contributed by atoms with Crippen LogP contribution in [-0.4, -0.2) is 52.6 Å². The lowest BCUT2D eigenvalue weighted by atomic mass is 10.0. The zero-order valence-corrected chi connectivity index (χ0v) is 26.2. The Morgan fingerprint density at radius 2 is 1.51 bits per heavy atom. The van der Waals surface area contributed by atoms with Crippen molar-refractivity contribution in [1.82, 2.24) is 9.47 Å². The van der Waals surface area contributed by atoms with Gasteiger partial charge in [0.15, 0.2) is 0 Å². The van der Waals surface area contributed by atoms with Gasteiger partial charge in [0.05, 0.1) is 0 Å². The highest BCUT2D eigenvalue weighted by molar-refractivity contribution is 5.99. The van der Waals surface area contributed by atoms with Crippen molar-refractivity contribution < 1.29 is 23.1 Å². The van der Waals surface area contributed by atoms with E-state index in [4.69, 9.17) is 4.74 Å². The molecule has 2 heterocycles. The number of anilines is 1. The third-order valence-corrected chi connectivity index (χ3v) is 7.99. The van der Waals surface area contributed by atoms with E-state index in [1.807, 2.05) is 38.7 Å². The van der Waals surface area contributed by atoms with Gasteiger partial charge < -0.3 is 14.5 Å². The van der Waals surface area contributed by atoms with E-state index in [2.05, 4.69) is 4.90 Å². The molecule has 0 N–H and O–H groups in total. The maximum atomic E-state index is 13.8. The highest BCUT2D eigenvalue weighted by atomic mass is 19.1. The second kappa shape index (κ2) is 13.2. The number of hydrogen-bond acceptors (Lipinski definition) is 5. The lowest BCUT2D eigenvalue weighted by Crippen LogP contribution is -2.54. The van der Waals surface area contributed by atoms with Gasteiger partial charge in [-0.1, -0.05) is 0 Å². The van der Waals surface area contributed by atoms with Crippen molar-refractivity contribution in [2.75, 3.05) is 24.5 Å². The number of pyridine rings is 1. The maximum Gasteiger partial charge on any atom is 0.306 e. The molecule has 4 aromatic rings. The number of carbonyl (C=O) groups is 2. The summed E-state index contributed by atoms with van der Waals surface area (Å²) in [5.41, 5.74) is 1.83. The van der Waals surface area contributed by atoms with Gasteiger partial charge in [-0.15, -0.1) is 0 Å². The Morgan fingerprint density at radius 1 is 0.867 bits per heavy atom. The number of unbranched alkanes of at least 4 members (excludes halogenated alkanes) is 1. The molecule has 0 saturated carbocycles. The lowest BCUT2D eigenvalue weighted by molar-refractivity contribution is -0.154. The summed E-state index contributed by atoms with van der Waals surface area (Å²) >= 11 is 0. The van der Waals surface area contributed by atoms with Gasteiger partial charge in [0, 0.05) is 60.1 Å². The number of amides is 1. The van der Waals surface area contributed by atoms with E-state index in [0.717, 1.165) is 5.69 Å². The average Bonchev–Trinajstić information content (AvgIpc) is 2.99. The zero-order chi connectivity index (χ0) is 32.3. The van der Waals surface area contributed by atoms with Crippen LogP contribution < -0.4 is 10.5 Å². The van der Waals surface area contributed by atoms with Gasteiger partial charge in [-0.05, 0) is 125 Å². The monoisotopic (exact) mass is 615 g/mol. The molecule has 9 heteroatoms. The Kier molecular flexibility index (Phi) is 9.37. The van der Waals surface area contributed by atoms with Gasteiger partial charge in [0.1, 0.15) is 17.2 Å². The molecule has 1 aromatic heterocycles. The molecule has 1 aliphatic heterocycles. The summed E-state index contributed by atoms with van der Waals surface area (Å²) in [7, 11) is 0. The first kappa shape index (κ1) is 31.9. The van der Waals surface area contributed by atoms with Gasteiger partial charge in [-0.3, -0.25) is 19.0 Å². The molecule has 0 spiro atoms. The molecule has 1 atom stereocenters. The minimum atomic E-state index is -0.554. The molecule has 0 radical (unpaired) electrons. The number of benzene rings is 3. The summed E-state index contributed by atoms with van der Waals surface area (Å²) in [5.74, 6) is -1.08. The number of carbonyl (C=O) groups excluding carboxylic acids is 2. The van der Waals surface area contributed by atoms with E-state index in [0.29, 0.717) is 66.6 Å². The number of ether oxygens (including phenoxy) is 1. The van der Waals surface area contributed by atoms with Crippen LogP contribution in [0, 0.1) is 11.6 Å². The summed E-state index contributed by atoms with van der Waals surface area (Å²) in [4.78, 5) is 43.7. The van der Waals surface area contributed by atoms with Crippen LogP contribution in [0.2, 0.25) is 0 Å². The normalized spacial score (nSPS) is 15.4. The Balaban J connectivity index is 1.39. The fraction of sp³-hybridized carbons (Fsp3) is 0.361. The van der Waals surface area contributed by atoms with Gasteiger partial charge in [-0.2, -0.15) is 0 Å². The van der Waals surface area contributed by atoms with Crippen molar-refractivity contribution in [2.24, 2.45) is 0 Å². The maximum absolute atomic E-state index is 13.8. The van der Waals surface area contributed by atoms with Crippen LogP contribution in [-0.2, 0) is 16.0 Å². The molecule has 7 nitrogen and oxygen atoms in total. The zero-order valence-electron chi connectivity index (χ0n) is 26.2. The fourth-order valence-electron chi connectivity index (χ4n) is 5.84. The second-order valence-electron chi connectivity index (χ2n) is 12.6. The van der Waals surface area contributed by atoms with E-state index in [-0.39, 0.29) is 35.7 Å². The fourth-order valence-corrected chi connectivity index (χ4v) is 5.84. The van der Waals surface area contributed by atoms with Crippen molar-refractivity contribution in [1.29, 1.82) is 0 Å². The Bertz CT molecular complexity index is 1740. The molecule has 0 aliphatic carbocycles. The van der Waals surface area contributed by atoms with Crippen LogP contribution in [0.5, 0.6) is 0 Å². The Hall–Kier alpha value is -4.53. The predicted molar refractivity (Wildman–Crippen MR) is 172 cm³/mol. The second-order valence-corrected chi connectivity index (χ2v) is 12.6. The number of rotatable bonds is 8. The van der Waals surface area contributed by atoms with Gasteiger partial charge in [0.2, 0.25) is 0 Å². The van der Waals surface area contributed by atoms with E-state index in [9.17, 15) is 23.2 Å². The topological polar surface area (TPSA) is 71.9 Å². The van der Waals surface area contributed by atoms with E-state index in [1.165, 1.54) is 24.3 Å². The van der Waals surface area contributed by atoms with Crippen molar-refractivity contribution in [3.63, 3.8) is 0 Å². The molecule has 1 unspecified atom stereocenters. The molecule has 236 valence electrons. The standard InChI is InChI=1S/C36H39F2N3O4/c1-24-23-39(29-14-10-27(37)11-15-29)19-20-40(24)34(43)25-9-18-32-26(21-25)22-31(7-5-6-8-33(42)45-36(2,3)4)41(35(32)44)30-16-12-28(38)13-17-30/h9-18,21-22,24H,5-8,19-20,23H2,1-4H3. The van der Waals surface area contributed by atoms with E-state index >= 15 is 0 Å². The van der Waals surface area contributed by atoms with Crippen LogP contribution in [0.15, 0.2) is 77.6 Å². The van der Waals surface area contributed by atoms with Crippen molar-refractivity contribution in [3.8, 4) is 5.69 Å². The van der Waals surface area contributed by atoms with E-state index < -0.39 is 11.4 Å². The molecule has 1 saturated heterocycles. The molecule has 45 heavy (non-hydrogen) atoms. The Morgan fingerprint density at radius 3 is 2.13 bits per heavy atom. The molecule has 1 fully saturated rings. The average molecular weight is 616 g/mol. The molecular formula is C36H39F2N3O4. The van der Waals surface area contributed by atoms with Crippen molar-refractivity contribution in [3.05, 3.63) is 106 Å². The first-order chi connectivity index (χ1) is 21.4. The van der Waals surface area contributed by atoms with Crippen LogP contribution in [0.3, 0.4) is 0 Å². The molecule has 5 rings (SSSR count). The Labute approximate surface area is 262 Å². The number of aryl methyl sites for hydroxylation is 1. The smallest absolute Gasteiger partial charge is 0.306 e. The highest BCUT2D eigenvalue weighted by Gasteiger charge is 2.29. The summed E-state index contributed by atoms with van der Waals surface area (Å²) in [6, 6.07) is 19.1. The van der Waals surface area contributed by atoms with Gasteiger partial charge in [-0.25, -0.2) is 8.78 Å². The number of nitrogens with zero attached hydrogens (tertiary/aromatic N) is 3. The van der Waals surface area contributed by atoms with Crippen LogP contribution in [0.1, 0.15) is 63.0 Å². The third-order valence-electron chi connectivity index (χ3n) is 7.99. The molecule has 1 aliphatic rings. The summed E-state index contributed by atoms with van der Waals surface area (Å²) in [6.07, 6.45) is 1.95. The number of fused-ring (bicyclic) bond motifs is 1. The number of piperazine rings is 1. The lowest BCUT2D eigenvalue weighted by Gasteiger charge is -2.41. The summed E-state index contributed by atoms with van der Waals surface area (Å²) in [6.45, 7) is 9.21. The number of hydrogen-bond donors (Lipinski definition) is 0. The predicted octanol–water partition coefficient (Wildman–Crippen LogP) is 6.67. The minimum Gasteiger partial charge on any atom is -0.460 e. The van der Waals surface area contributed by atoms with E-state index in [1.54, 1.807) is 47.0 Å². The SMILES string of the molecule is CC1CN(c2ccc(F)cc2)CCN1C(=O)c1ccc2c(=O)n(-c3ccc(F)cc3)c(CCCCC(=O)OC(C)(C)C)cc2c1. The molecule has 1 amide bonds. The van der Waals surface area contributed by atoms with Crippen LogP contribution in [0.25, 0.3) is 16.5 Å². The highest BCUT2D eigenvalue weighted by Crippen LogP contribution is 2.24. The minimum absolute atomic E-state index is 0.0842. The largest absolute Gasteiger partial charge is 0.460 e.